The van der Waals surface area contributed by atoms with Gasteiger partial charge in [0.1, 0.15) is 41.7 Å². The lowest BCUT2D eigenvalue weighted by atomic mass is 10.0. The number of phenols is 3. The number of aliphatic hydroxyl groups excluding tert-OH is 5. The summed E-state index contributed by atoms with van der Waals surface area (Å²) in [5.74, 6) is -0.437. The minimum absolute atomic E-state index is 0.0258. The van der Waals surface area contributed by atoms with Crippen molar-refractivity contribution in [2.24, 2.45) is 0 Å². The molecule has 0 aliphatic rings. The molecule has 9 heteroatoms. The van der Waals surface area contributed by atoms with E-state index >= 15 is 0 Å². The van der Waals surface area contributed by atoms with Crippen LogP contribution in [0.15, 0.2) is 18.2 Å². The van der Waals surface area contributed by atoms with Crippen molar-refractivity contribution in [3.8, 4) is 17.2 Å². The number of carbonyl (C=O) groups excluding carboxylic acids is 1. The maximum atomic E-state index is 9.90. The number of aliphatic hydroxyl groups is 5. The van der Waals surface area contributed by atoms with Crippen LogP contribution in [0.2, 0.25) is 0 Å². The predicted molar refractivity (Wildman–Crippen MR) is 68.6 cm³/mol. The maximum absolute atomic E-state index is 9.90. The van der Waals surface area contributed by atoms with Crippen molar-refractivity contribution in [2.75, 3.05) is 6.61 Å². The Morgan fingerprint density at radius 3 is 1.52 bits per heavy atom. The van der Waals surface area contributed by atoms with Crippen LogP contribution in [0.25, 0.3) is 0 Å². The Kier molecular flexibility index (Phi) is 8.28. The Hall–Kier alpha value is -1.91. The van der Waals surface area contributed by atoms with Gasteiger partial charge in [-0.15, -0.1) is 0 Å². The summed E-state index contributed by atoms with van der Waals surface area (Å²) in [6.45, 7) is -0.760. The Morgan fingerprint density at radius 2 is 1.24 bits per heavy atom. The SMILES string of the molecule is O=C[C@H](O)[C@@H](O)[C@H](O)[C@H](O)CO.Oc1cc(O)cc(O)c1. The zero-order valence-electron chi connectivity index (χ0n) is 10.8. The number of carbonyl (C=O) groups is 1. The average Bonchev–Trinajstić information content (AvgIpc) is 2.43. The Morgan fingerprint density at radius 1 is 0.857 bits per heavy atom. The summed E-state index contributed by atoms with van der Waals surface area (Å²) in [4.78, 5) is 9.90. The lowest BCUT2D eigenvalue weighted by Crippen LogP contribution is -2.46. The van der Waals surface area contributed by atoms with E-state index in [0.717, 1.165) is 18.2 Å². The molecule has 0 spiro atoms. The van der Waals surface area contributed by atoms with Gasteiger partial charge in [0.2, 0.25) is 0 Å². The number of hydrogen-bond acceptors (Lipinski definition) is 9. The number of rotatable bonds is 5. The normalized spacial score (nSPS) is 16.0. The molecule has 21 heavy (non-hydrogen) atoms. The number of phenolic OH excluding ortho intramolecular Hbond substituents is 3. The van der Waals surface area contributed by atoms with Gasteiger partial charge in [-0.3, -0.25) is 0 Å². The number of hydrogen-bond donors (Lipinski definition) is 8. The number of benzene rings is 1. The summed E-state index contributed by atoms with van der Waals surface area (Å²) in [6, 6.07) is 3.42. The third-order valence-corrected chi connectivity index (χ3v) is 2.31. The fourth-order valence-corrected chi connectivity index (χ4v) is 1.20. The lowest BCUT2D eigenvalue weighted by molar-refractivity contribution is -0.136. The van der Waals surface area contributed by atoms with Gasteiger partial charge >= 0.3 is 0 Å². The minimum Gasteiger partial charge on any atom is -0.508 e. The zero-order chi connectivity index (χ0) is 16.6. The Labute approximate surface area is 119 Å². The second-order valence-corrected chi connectivity index (χ2v) is 4.07. The van der Waals surface area contributed by atoms with Crippen LogP contribution < -0.4 is 0 Å². The molecule has 0 aliphatic carbocycles. The highest BCUT2D eigenvalue weighted by Gasteiger charge is 2.29. The Bertz CT molecular complexity index is 386. The molecule has 120 valence electrons. The van der Waals surface area contributed by atoms with E-state index in [1.807, 2.05) is 0 Å². The molecule has 0 saturated carbocycles. The number of aldehydes is 1. The average molecular weight is 306 g/mol. The molecule has 0 amide bonds. The molecule has 9 nitrogen and oxygen atoms in total. The first kappa shape index (κ1) is 19.1. The van der Waals surface area contributed by atoms with Crippen LogP contribution in [0.1, 0.15) is 0 Å². The van der Waals surface area contributed by atoms with E-state index in [0.29, 0.717) is 0 Å². The first-order valence-corrected chi connectivity index (χ1v) is 5.73. The van der Waals surface area contributed by atoms with Crippen molar-refractivity contribution in [1.82, 2.24) is 0 Å². The molecular weight excluding hydrogens is 288 g/mol. The quantitative estimate of drug-likeness (QED) is 0.271. The molecule has 0 saturated heterocycles. The van der Waals surface area contributed by atoms with E-state index in [4.69, 9.17) is 40.9 Å². The molecule has 0 bridgehead atoms. The van der Waals surface area contributed by atoms with Crippen LogP contribution in [-0.2, 0) is 4.79 Å². The van der Waals surface area contributed by atoms with Crippen molar-refractivity contribution < 1.29 is 45.6 Å². The van der Waals surface area contributed by atoms with Gasteiger partial charge in [-0.05, 0) is 0 Å². The molecule has 1 aromatic rings. The van der Waals surface area contributed by atoms with Crippen LogP contribution in [-0.4, -0.2) is 78.2 Å². The standard InChI is InChI=1S/C6H12O6.C6H6O3/c7-1-3(9)5(11)6(12)4(10)2-8;7-4-1-5(8)3-6(9)2-4/h1,3-6,8-12H,2H2;1-3,7-9H/t3-,4+,5+,6+;/m0./s1. The van der Waals surface area contributed by atoms with E-state index in [2.05, 4.69) is 0 Å². The van der Waals surface area contributed by atoms with Gasteiger partial charge in [0.05, 0.1) is 6.61 Å². The second kappa shape index (κ2) is 9.10. The fraction of sp³-hybridized carbons (Fsp3) is 0.417. The van der Waals surface area contributed by atoms with E-state index in [1.165, 1.54) is 0 Å². The molecule has 1 aromatic carbocycles. The van der Waals surface area contributed by atoms with Crippen molar-refractivity contribution in [2.45, 2.75) is 24.4 Å². The van der Waals surface area contributed by atoms with Crippen molar-refractivity contribution in [1.29, 1.82) is 0 Å². The summed E-state index contributed by atoms with van der Waals surface area (Å²) < 4.78 is 0. The van der Waals surface area contributed by atoms with Gasteiger partial charge in [0.25, 0.3) is 0 Å². The molecule has 0 unspecified atom stereocenters. The summed E-state index contributed by atoms with van der Waals surface area (Å²) in [5.41, 5.74) is 0. The fourth-order valence-electron chi connectivity index (χ4n) is 1.20. The van der Waals surface area contributed by atoms with Crippen LogP contribution in [0.3, 0.4) is 0 Å². The first-order chi connectivity index (χ1) is 9.72. The van der Waals surface area contributed by atoms with Gasteiger partial charge in [-0.1, -0.05) is 0 Å². The van der Waals surface area contributed by atoms with Gasteiger partial charge < -0.3 is 45.6 Å². The molecule has 0 aromatic heterocycles. The zero-order valence-corrected chi connectivity index (χ0v) is 10.8. The van der Waals surface area contributed by atoms with Gasteiger partial charge in [0.15, 0.2) is 6.29 Å². The van der Waals surface area contributed by atoms with Gasteiger partial charge in [-0.25, -0.2) is 0 Å². The van der Waals surface area contributed by atoms with Crippen LogP contribution >= 0.6 is 0 Å². The second-order valence-electron chi connectivity index (χ2n) is 4.07. The molecule has 0 radical (unpaired) electrons. The lowest BCUT2D eigenvalue weighted by Gasteiger charge is -2.22. The predicted octanol–water partition coefficient (Wildman–Crippen LogP) is -2.58. The van der Waals surface area contributed by atoms with E-state index in [1.54, 1.807) is 0 Å². The molecule has 1 rings (SSSR count). The van der Waals surface area contributed by atoms with Crippen LogP contribution in [0, 0.1) is 0 Å². The van der Waals surface area contributed by atoms with Crippen molar-refractivity contribution >= 4 is 6.29 Å². The molecular formula is C12H18O9. The molecule has 0 heterocycles. The van der Waals surface area contributed by atoms with E-state index < -0.39 is 31.0 Å². The van der Waals surface area contributed by atoms with Crippen molar-refractivity contribution in [3.63, 3.8) is 0 Å². The van der Waals surface area contributed by atoms with Gasteiger partial charge in [0, 0.05) is 18.2 Å². The third kappa shape index (κ3) is 6.88. The summed E-state index contributed by atoms with van der Waals surface area (Å²) in [5, 5.41) is 69.6. The first-order valence-electron chi connectivity index (χ1n) is 5.73. The summed E-state index contributed by atoms with van der Waals surface area (Å²) in [7, 11) is 0. The smallest absolute Gasteiger partial charge is 0.151 e. The van der Waals surface area contributed by atoms with Crippen LogP contribution in [0.5, 0.6) is 17.2 Å². The maximum Gasteiger partial charge on any atom is 0.151 e. The minimum atomic E-state index is -1.79. The highest BCUT2D eigenvalue weighted by Crippen LogP contribution is 2.23. The Balaban J connectivity index is 0.000000394. The number of aromatic hydroxyl groups is 3. The molecule has 0 aliphatic heterocycles. The largest absolute Gasteiger partial charge is 0.508 e. The topological polar surface area (TPSA) is 179 Å². The molecule has 0 fully saturated rings. The van der Waals surface area contributed by atoms with E-state index in [-0.39, 0.29) is 23.5 Å². The van der Waals surface area contributed by atoms with Gasteiger partial charge in [-0.2, -0.15) is 0 Å². The molecule has 4 atom stereocenters. The highest BCUT2D eigenvalue weighted by molar-refractivity contribution is 5.56. The summed E-state index contributed by atoms with van der Waals surface area (Å²) >= 11 is 0. The van der Waals surface area contributed by atoms with Crippen molar-refractivity contribution in [3.05, 3.63) is 18.2 Å². The third-order valence-electron chi connectivity index (χ3n) is 2.31. The highest BCUT2D eigenvalue weighted by atomic mass is 16.4. The summed E-state index contributed by atoms with van der Waals surface area (Å²) in [6.07, 6.45) is -6.84. The van der Waals surface area contributed by atoms with Crippen LogP contribution in [0.4, 0.5) is 0 Å². The monoisotopic (exact) mass is 306 g/mol. The molecule has 8 N–H and O–H groups in total. The van der Waals surface area contributed by atoms with E-state index in [9.17, 15) is 4.79 Å².